The van der Waals surface area contributed by atoms with Crippen LogP contribution < -0.4 is 10.9 Å². The summed E-state index contributed by atoms with van der Waals surface area (Å²) in [6, 6.07) is 3.30. The lowest BCUT2D eigenvalue weighted by Gasteiger charge is -2.31. The first-order valence-corrected chi connectivity index (χ1v) is 6.54. The van der Waals surface area contributed by atoms with Crippen molar-refractivity contribution in [1.29, 1.82) is 0 Å². The Labute approximate surface area is 111 Å². The number of hydrogen-bond acceptors (Lipinski definition) is 3. The molecule has 1 saturated carbocycles. The van der Waals surface area contributed by atoms with Gasteiger partial charge in [0.05, 0.1) is 12.0 Å². The number of hydrogen-bond donors (Lipinski definition) is 4. The van der Waals surface area contributed by atoms with Crippen molar-refractivity contribution in [3.8, 4) is 0 Å². The zero-order valence-electron chi connectivity index (χ0n) is 10.7. The van der Waals surface area contributed by atoms with Gasteiger partial charge >= 0.3 is 0 Å². The van der Waals surface area contributed by atoms with Gasteiger partial charge in [-0.25, -0.2) is 0 Å². The van der Waals surface area contributed by atoms with Crippen molar-refractivity contribution in [3.63, 3.8) is 0 Å². The van der Waals surface area contributed by atoms with Gasteiger partial charge in [-0.05, 0) is 25.0 Å². The van der Waals surface area contributed by atoms with E-state index in [4.69, 9.17) is 0 Å². The summed E-state index contributed by atoms with van der Waals surface area (Å²) in [4.78, 5) is 26.0. The Morgan fingerprint density at radius 1 is 1.26 bits per heavy atom. The molecule has 1 aliphatic rings. The molecule has 0 saturated heterocycles. The van der Waals surface area contributed by atoms with Gasteiger partial charge in [-0.2, -0.15) is 0 Å². The molecule has 0 aliphatic heterocycles. The highest BCUT2D eigenvalue weighted by molar-refractivity contribution is 5.93. The van der Waals surface area contributed by atoms with E-state index in [1.54, 1.807) is 18.3 Å². The molecule has 2 amide bonds. The fourth-order valence-electron chi connectivity index (χ4n) is 2.40. The predicted molar refractivity (Wildman–Crippen MR) is 69.1 cm³/mol. The van der Waals surface area contributed by atoms with Crippen LogP contribution in [0.2, 0.25) is 0 Å². The Morgan fingerprint density at radius 2 is 2.00 bits per heavy atom. The van der Waals surface area contributed by atoms with Crippen LogP contribution in [0.25, 0.3) is 0 Å². The van der Waals surface area contributed by atoms with Crippen LogP contribution >= 0.6 is 0 Å². The summed E-state index contributed by atoms with van der Waals surface area (Å²) >= 11 is 0. The molecule has 2 rings (SSSR count). The third kappa shape index (κ3) is 3.82. The predicted octanol–water partition coefficient (Wildman–Crippen LogP) is 0.861. The molecule has 6 nitrogen and oxygen atoms in total. The van der Waals surface area contributed by atoms with Gasteiger partial charge in [0.2, 0.25) is 5.91 Å². The molecule has 0 unspecified atom stereocenters. The summed E-state index contributed by atoms with van der Waals surface area (Å²) in [5, 5.41) is 10.2. The van der Waals surface area contributed by atoms with Crippen molar-refractivity contribution in [1.82, 2.24) is 15.8 Å². The minimum atomic E-state index is -0.917. The van der Waals surface area contributed by atoms with E-state index < -0.39 is 11.5 Å². The van der Waals surface area contributed by atoms with E-state index in [0.29, 0.717) is 18.5 Å². The Morgan fingerprint density at radius 3 is 2.63 bits per heavy atom. The summed E-state index contributed by atoms with van der Waals surface area (Å²) in [6.07, 6.45) is 5.93. The lowest BCUT2D eigenvalue weighted by molar-refractivity contribution is -0.128. The number of aromatic amines is 1. The first kappa shape index (κ1) is 13.6. The Kier molecular flexibility index (Phi) is 4.21. The molecule has 4 N–H and O–H groups in total. The zero-order valence-corrected chi connectivity index (χ0v) is 10.7. The molecule has 0 bridgehead atoms. The van der Waals surface area contributed by atoms with Crippen LogP contribution in [0, 0.1) is 0 Å². The summed E-state index contributed by atoms with van der Waals surface area (Å²) in [5.74, 6) is -0.779. The van der Waals surface area contributed by atoms with Crippen LogP contribution in [-0.4, -0.2) is 27.5 Å². The highest BCUT2D eigenvalue weighted by Gasteiger charge is 2.31. The molecule has 19 heavy (non-hydrogen) atoms. The molecule has 0 atom stereocenters. The van der Waals surface area contributed by atoms with E-state index in [2.05, 4.69) is 15.8 Å². The molecule has 1 heterocycles. The van der Waals surface area contributed by atoms with Gasteiger partial charge in [0, 0.05) is 6.20 Å². The molecular formula is C13H19N3O3. The lowest BCUT2D eigenvalue weighted by atomic mass is 9.82. The van der Waals surface area contributed by atoms with Crippen LogP contribution in [0.5, 0.6) is 0 Å². The Bertz CT molecular complexity index is 436. The van der Waals surface area contributed by atoms with Gasteiger partial charge in [0.1, 0.15) is 5.69 Å². The van der Waals surface area contributed by atoms with Crippen molar-refractivity contribution in [2.45, 2.75) is 44.1 Å². The second-order valence-electron chi connectivity index (χ2n) is 5.05. The molecule has 1 aromatic rings. The summed E-state index contributed by atoms with van der Waals surface area (Å²) < 4.78 is 0. The van der Waals surface area contributed by atoms with E-state index in [1.807, 2.05) is 0 Å². The van der Waals surface area contributed by atoms with Crippen LogP contribution in [0.3, 0.4) is 0 Å². The number of hydrazine groups is 1. The third-order valence-corrected chi connectivity index (χ3v) is 3.43. The van der Waals surface area contributed by atoms with Crippen molar-refractivity contribution < 1.29 is 14.7 Å². The van der Waals surface area contributed by atoms with E-state index >= 15 is 0 Å². The van der Waals surface area contributed by atoms with Crippen LogP contribution in [-0.2, 0) is 4.79 Å². The quantitative estimate of drug-likeness (QED) is 0.611. The minimum Gasteiger partial charge on any atom is -0.389 e. The second kappa shape index (κ2) is 5.88. The third-order valence-electron chi connectivity index (χ3n) is 3.43. The monoisotopic (exact) mass is 265 g/mol. The van der Waals surface area contributed by atoms with Gasteiger partial charge in [-0.15, -0.1) is 0 Å². The molecule has 1 aliphatic carbocycles. The van der Waals surface area contributed by atoms with Crippen molar-refractivity contribution in [2.75, 3.05) is 0 Å². The van der Waals surface area contributed by atoms with Crippen LogP contribution in [0.15, 0.2) is 18.3 Å². The maximum absolute atomic E-state index is 11.7. The van der Waals surface area contributed by atoms with Gasteiger partial charge in [-0.3, -0.25) is 20.4 Å². The maximum atomic E-state index is 11.7. The topological polar surface area (TPSA) is 94.2 Å². The van der Waals surface area contributed by atoms with E-state index in [-0.39, 0.29) is 12.3 Å². The number of aromatic nitrogens is 1. The lowest BCUT2D eigenvalue weighted by Crippen LogP contribution is -2.45. The van der Waals surface area contributed by atoms with E-state index in [9.17, 15) is 14.7 Å². The first-order valence-electron chi connectivity index (χ1n) is 6.54. The standard InChI is InChI=1S/C13H19N3O3/c17-11(9-13(19)6-2-1-3-7-13)15-16-12(18)10-5-4-8-14-10/h4-5,8,14,19H,1-3,6-7,9H2,(H,15,17)(H,16,18). The molecule has 1 aromatic heterocycles. The van der Waals surface area contributed by atoms with Gasteiger partial charge in [0.25, 0.3) is 5.91 Å². The summed E-state index contributed by atoms with van der Waals surface area (Å²) in [6.45, 7) is 0. The number of rotatable bonds is 3. The number of H-pyrrole nitrogens is 1. The highest BCUT2D eigenvalue weighted by atomic mass is 16.3. The number of carbonyl (C=O) groups excluding carboxylic acids is 2. The van der Waals surface area contributed by atoms with E-state index in [1.165, 1.54) is 0 Å². The average molecular weight is 265 g/mol. The van der Waals surface area contributed by atoms with E-state index in [0.717, 1.165) is 19.3 Å². The number of carbonyl (C=O) groups is 2. The molecule has 1 fully saturated rings. The largest absolute Gasteiger partial charge is 0.389 e. The molecule has 104 valence electrons. The minimum absolute atomic E-state index is 0.0258. The van der Waals surface area contributed by atoms with Crippen molar-refractivity contribution in [2.24, 2.45) is 0 Å². The van der Waals surface area contributed by atoms with Gasteiger partial charge < -0.3 is 10.1 Å². The normalized spacial score (nSPS) is 17.7. The second-order valence-corrected chi connectivity index (χ2v) is 5.05. The molecular weight excluding hydrogens is 246 g/mol. The molecule has 0 spiro atoms. The van der Waals surface area contributed by atoms with Crippen LogP contribution in [0.1, 0.15) is 49.0 Å². The fraction of sp³-hybridized carbons (Fsp3) is 0.538. The Balaban J connectivity index is 1.77. The molecule has 0 aromatic carbocycles. The SMILES string of the molecule is O=C(CC1(O)CCCCC1)NNC(=O)c1ccc[nH]1. The molecule has 6 heteroatoms. The Hall–Kier alpha value is -1.82. The van der Waals surface area contributed by atoms with Crippen molar-refractivity contribution in [3.05, 3.63) is 24.0 Å². The number of aliphatic hydroxyl groups is 1. The van der Waals surface area contributed by atoms with Crippen molar-refractivity contribution >= 4 is 11.8 Å². The summed E-state index contributed by atoms with van der Waals surface area (Å²) in [7, 11) is 0. The fourth-order valence-corrected chi connectivity index (χ4v) is 2.40. The number of nitrogens with one attached hydrogen (secondary N) is 3. The smallest absolute Gasteiger partial charge is 0.286 e. The maximum Gasteiger partial charge on any atom is 0.286 e. The zero-order chi connectivity index (χ0) is 13.7. The summed E-state index contributed by atoms with van der Waals surface area (Å²) in [5.41, 5.74) is 4.09. The van der Waals surface area contributed by atoms with Crippen LogP contribution in [0.4, 0.5) is 0 Å². The average Bonchev–Trinajstić information content (AvgIpc) is 2.90. The van der Waals surface area contributed by atoms with Gasteiger partial charge in [-0.1, -0.05) is 19.3 Å². The number of amides is 2. The van der Waals surface area contributed by atoms with Gasteiger partial charge in [0.15, 0.2) is 0 Å². The highest BCUT2D eigenvalue weighted by Crippen LogP contribution is 2.30. The molecule has 0 radical (unpaired) electrons. The first-order chi connectivity index (χ1) is 9.09.